The Hall–Kier alpha value is -1.10. The van der Waals surface area contributed by atoms with Crippen LogP contribution >= 0.6 is 15.9 Å². The summed E-state index contributed by atoms with van der Waals surface area (Å²) >= 11 is 3.18. The third-order valence-corrected chi connectivity index (χ3v) is 2.83. The first kappa shape index (κ1) is 13.0. The monoisotopic (exact) mass is 288 g/mol. The molecule has 0 aromatic heterocycles. The number of urea groups is 1. The Kier molecular flexibility index (Phi) is 4.73. The van der Waals surface area contributed by atoms with E-state index in [1.54, 1.807) is 0 Å². The SMILES string of the molecule is CCC(C)NC(=O)Nc1ccc(F)cc1Br. The molecule has 2 amide bonds. The summed E-state index contributed by atoms with van der Waals surface area (Å²) in [5, 5.41) is 5.39. The van der Waals surface area contributed by atoms with Crippen LogP contribution in [-0.4, -0.2) is 12.1 Å². The van der Waals surface area contributed by atoms with E-state index in [1.807, 2.05) is 13.8 Å². The van der Waals surface area contributed by atoms with Crippen molar-refractivity contribution < 1.29 is 9.18 Å². The van der Waals surface area contributed by atoms with Crippen LogP contribution in [0.4, 0.5) is 14.9 Å². The summed E-state index contributed by atoms with van der Waals surface area (Å²) in [5.41, 5.74) is 0.544. The molecule has 0 heterocycles. The van der Waals surface area contributed by atoms with Crippen LogP contribution in [0.25, 0.3) is 0 Å². The van der Waals surface area contributed by atoms with Crippen LogP contribution in [0, 0.1) is 5.82 Å². The lowest BCUT2D eigenvalue weighted by Crippen LogP contribution is -2.35. The maximum absolute atomic E-state index is 12.8. The fourth-order valence-electron chi connectivity index (χ4n) is 1.08. The normalized spacial score (nSPS) is 12.0. The lowest BCUT2D eigenvalue weighted by Gasteiger charge is -2.13. The van der Waals surface area contributed by atoms with Gasteiger partial charge < -0.3 is 10.6 Å². The Labute approximate surface area is 103 Å². The largest absolute Gasteiger partial charge is 0.335 e. The average molecular weight is 289 g/mol. The summed E-state index contributed by atoms with van der Waals surface area (Å²) < 4.78 is 13.3. The average Bonchev–Trinajstić information content (AvgIpc) is 2.22. The second-order valence-corrected chi connectivity index (χ2v) is 4.39. The molecule has 0 saturated heterocycles. The van der Waals surface area contributed by atoms with E-state index in [9.17, 15) is 9.18 Å². The van der Waals surface area contributed by atoms with Crippen LogP contribution in [-0.2, 0) is 0 Å². The van der Waals surface area contributed by atoms with Gasteiger partial charge in [-0.2, -0.15) is 0 Å². The molecule has 1 aromatic carbocycles. The molecular formula is C11H14BrFN2O. The van der Waals surface area contributed by atoms with Gasteiger partial charge in [-0.3, -0.25) is 0 Å². The lowest BCUT2D eigenvalue weighted by atomic mass is 10.3. The zero-order chi connectivity index (χ0) is 12.1. The Morgan fingerprint density at radius 3 is 2.81 bits per heavy atom. The predicted octanol–water partition coefficient (Wildman–Crippen LogP) is 3.51. The van der Waals surface area contributed by atoms with Gasteiger partial charge >= 0.3 is 6.03 Å². The Morgan fingerprint density at radius 2 is 2.25 bits per heavy atom. The zero-order valence-corrected chi connectivity index (χ0v) is 10.8. The predicted molar refractivity (Wildman–Crippen MR) is 66.0 cm³/mol. The molecule has 0 fully saturated rings. The van der Waals surface area contributed by atoms with E-state index in [-0.39, 0.29) is 17.9 Å². The van der Waals surface area contributed by atoms with E-state index in [0.29, 0.717) is 10.2 Å². The number of halogens is 2. The van der Waals surface area contributed by atoms with Gasteiger partial charge in [0.1, 0.15) is 5.82 Å². The Balaban J connectivity index is 2.63. The van der Waals surface area contributed by atoms with Crippen LogP contribution in [0.15, 0.2) is 22.7 Å². The molecule has 88 valence electrons. The van der Waals surface area contributed by atoms with Gasteiger partial charge in [-0.1, -0.05) is 6.92 Å². The highest BCUT2D eigenvalue weighted by Crippen LogP contribution is 2.22. The fraction of sp³-hybridized carbons (Fsp3) is 0.364. The first-order valence-electron chi connectivity index (χ1n) is 5.05. The van der Waals surface area contributed by atoms with Crippen molar-refractivity contribution in [2.24, 2.45) is 0 Å². The molecule has 1 aromatic rings. The number of nitrogens with one attached hydrogen (secondary N) is 2. The topological polar surface area (TPSA) is 41.1 Å². The molecule has 1 unspecified atom stereocenters. The molecule has 1 rings (SSSR count). The first-order valence-corrected chi connectivity index (χ1v) is 5.84. The highest BCUT2D eigenvalue weighted by Gasteiger charge is 2.07. The molecule has 0 spiro atoms. The number of hydrogen-bond donors (Lipinski definition) is 2. The quantitative estimate of drug-likeness (QED) is 0.878. The number of hydrogen-bond acceptors (Lipinski definition) is 1. The number of carbonyl (C=O) groups excluding carboxylic acids is 1. The number of benzene rings is 1. The van der Waals surface area contributed by atoms with Crippen molar-refractivity contribution in [2.45, 2.75) is 26.3 Å². The molecule has 0 bridgehead atoms. The van der Waals surface area contributed by atoms with E-state index in [1.165, 1.54) is 18.2 Å². The maximum atomic E-state index is 12.8. The molecule has 3 nitrogen and oxygen atoms in total. The molecule has 0 radical (unpaired) electrons. The molecular weight excluding hydrogens is 275 g/mol. The fourth-order valence-corrected chi connectivity index (χ4v) is 1.53. The van der Waals surface area contributed by atoms with Crippen molar-refractivity contribution in [2.75, 3.05) is 5.32 Å². The molecule has 0 aliphatic rings. The Morgan fingerprint density at radius 1 is 1.56 bits per heavy atom. The van der Waals surface area contributed by atoms with E-state index in [4.69, 9.17) is 0 Å². The van der Waals surface area contributed by atoms with Crippen LogP contribution in [0.1, 0.15) is 20.3 Å². The maximum Gasteiger partial charge on any atom is 0.319 e. The second-order valence-electron chi connectivity index (χ2n) is 3.53. The summed E-state index contributed by atoms with van der Waals surface area (Å²) in [5.74, 6) is -0.347. The number of rotatable bonds is 3. The van der Waals surface area contributed by atoms with Crippen LogP contribution in [0.2, 0.25) is 0 Å². The van der Waals surface area contributed by atoms with Gasteiger partial charge in [-0.05, 0) is 47.5 Å². The van der Waals surface area contributed by atoms with Gasteiger partial charge in [0.25, 0.3) is 0 Å². The number of amides is 2. The molecule has 0 aliphatic carbocycles. The van der Waals surface area contributed by atoms with Crippen molar-refractivity contribution in [3.63, 3.8) is 0 Å². The second kappa shape index (κ2) is 5.84. The summed E-state index contributed by atoms with van der Waals surface area (Å²) in [6, 6.07) is 3.93. The van der Waals surface area contributed by atoms with E-state index >= 15 is 0 Å². The number of anilines is 1. The van der Waals surface area contributed by atoms with Gasteiger partial charge in [0.15, 0.2) is 0 Å². The minimum absolute atomic E-state index is 0.110. The molecule has 2 N–H and O–H groups in total. The Bertz CT molecular complexity index is 384. The molecule has 0 aliphatic heterocycles. The van der Waals surface area contributed by atoms with Gasteiger partial charge in [-0.25, -0.2) is 9.18 Å². The molecule has 0 saturated carbocycles. The minimum Gasteiger partial charge on any atom is -0.335 e. The van der Waals surface area contributed by atoms with Gasteiger partial charge in [0, 0.05) is 10.5 Å². The van der Waals surface area contributed by atoms with Crippen molar-refractivity contribution in [1.82, 2.24) is 5.32 Å². The van der Waals surface area contributed by atoms with Crippen LogP contribution in [0.3, 0.4) is 0 Å². The van der Waals surface area contributed by atoms with Crippen molar-refractivity contribution in [3.8, 4) is 0 Å². The third kappa shape index (κ3) is 3.81. The molecule has 1 atom stereocenters. The summed E-state index contributed by atoms with van der Waals surface area (Å²) in [4.78, 5) is 11.5. The standard InChI is InChI=1S/C11H14BrFN2O/c1-3-7(2)14-11(16)15-10-5-4-8(13)6-9(10)12/h4-7H,3H2,1-2H3,(H2,14,15,16). The lowest BCUT2D eigenvalue weighted by molar-refractivity contribution is 0.249. The van der Waals surface area contributed by atoms with Gasteiger partial charge in [0.2, 0.25) is 0 Å². The van der Waals surface area contributed by atoms with Crippen molar-refractivity contribution in [3.05, 3.63) is 28.5 Å². The number of carbonyl (C=O) groups is 1. The third-order valence-electron chi connectivity index (χ3n) is 2.17. The highest BCUT2D eigenvalue weighted by atomic mass is 79.9. The highest BCUT2D eigenvalue weighted by molar-refractivity contribution is 9.10. The summed E-state index contributed by atoms with van der Waals surface area (Å²) in [6.45, 7) is 3.90. The van der Waals surface area contributed by atoms with Gasteiger partial charge in [0.05, 0.1) is 5.69 Å². The van der Waals surface area contributed by atoms with Crippen molar-refractivity contribution in [1.29, 1.82) is 0 Å². The van der Waals surface area contributed by atoms with E-state index in [2.05, 4.69) is 26.6 Å². The summed E-state index contributed by atoms with van der Waals surface area (Å²) in [7, 11) is 0. The van der Waals surface area contributed by atoms with E-state index in [0.717, 1.165) is 6.42 Å². The van der Waals surface area contributed by atoms with Crippen LogP contribution < -0.4 is 10.6 Å². The van der Waals surface area contributed by atoms with Gasteiger partial charge in [-0.15, -0.1) is 0 Å². The summed E-state index contributed by atoms with van der Waals surface area (Å²) in [6.07, 6.45) is 0.859. The smallest absolute Gasteiger partial charge is 0.319 e. The molecule has 5 heteroatoms. The van der Waals surface area contributed by atoms with E-state index < -0.39 is 0 Å². The molecule has 16 heavy (non-hydrogen) atoms. The minimum atomic E-state index is -0.347. The van der Waals surface area contributed by atoms with Crippen molar-refractivity contribution >= 4 is 27.6 Å². The first-order chi connectivity index (χ1) is 7.52. The zero-order valence-electron chi connectivity index (χ0n) is 9.18. The van der Waals surface area contributed by atoms with Crippen LogP contribution in [0.5, 0.6) is 0 Å².